The summed E-state index contributed by atoms with van der Waals surface area (Å²) in [6, 6.07) is 22.0. The Labute approximate surface area is 205 Å². The maximum Gasteiger partial charge on any atom is 0.232 e. The van der Waals surface area contributed by atoms with E-state index in [0.717, 1.165) is 11.8 Å². The number of anilines is 2. The van der Waals surface area contributed by atoms with Crippen molar-refractivity contribution < 1.29 is 27.4 Å². The zero-order valence-electron chi connectivity index (χ0n) is 19.5. The molecule has 0 aromatic heterocycles. The highest BCUT2D eigenvalue weighted by Gasteiger charge is 2.21. The van der Waals surface area contributed by atoms with Crippen LogP contribution in [0.15, 0.2) is 72.8 Å². The molecule has 184 valence electrons. The molecule has 0 fully saturated rings. The first-order valence-electron chi connectivity index (χ1n) is 11.3. The minimum absolute atomic E-state index is 0.165. The van der Waals surface area contributed by atoms with Gasteiger partial charge < -0.3 is 19.5 Å². The topological polar surface area (TPSA) is 94.2 Å². The van der Waals surface area contributed by atoms with Crippen LogP contribution in [0.25, 0.3) is 0 Å². The van der Waals surface area contributed by atoms with E-state index in [1.54, 1.807) is 42.5 Å². The number of hydrogen-bond donors (Lipinski definition) is 1. The maximum atomic E-state index is 12.4. The van der Waals surface area contributed by atoms with Crippen molar-refractivity contribution in [1.82, 2.24) is 0 Å². The van der Waals surface area contributed by atoms with E-state index in [4.69, 9.17) is 14.2 Å². The van der Waals surface area contributed by atoms with Gasteiger partial charge in [-0.15, -0.1) is 0 Å². The Morgan fingerprint density at radius 3 is 2.40 bits per heavy atom. The number of ether oxygens (including phenoxy) is 3. The third-order valence-electron chi connectivity index (χ3n) is 5.37. The molecule has 0 unspecified atom stereocenters. The minimum Gasteiger partial charge on any atom is -0.489 e. The second-order valence-corrected chi connectivity index (χ2v) is 10.0. The van der Waals surface area contributed by atoms with Crippen molar-refractivity contribution in [3.8, 4) is 17.2 Å². The molecular weight excluding hydrogens is 468 g/mol. The average molecular weight is 497 g/mol. The van der Waals surface area contributed by atoms with Crippen LogP contribution in [0.5, 0.6) is 17.2 Å². The molecule has 0 atom stereocenters. The van der Waals surface area contributed by atoms with Gasteiger partial charge in [-0.3, -0.25) is 9.10 Å². The minimum atomic E-state index is -3.54. The number of rotatable bonds is 10. The van der Waals surface area contributed by atoms with E-state index >= 15 is 0 Å². The summed E-state index contributed by atoms with van der Waals surface area (Å²) in [4.78, 5) is 12.4. The van der Waals surface area contributed by atoms with Crippen LogP contribution in [0.1, 0.15) is 18.4 Å². The molecule has 1 aliphatic heterocycles. The van der Waals surface area contributed by atoms with Crippen molar-refractivity contribution in [2.45, 2.75) is 19.4 Å². The van der Waals surface area contributed by atoms with Gasteiger partial charge in [0.1, 0.15) is 25.6 Å². The monoisotopic (exact) mass is 496 g/mol. The predicted molar refractivity (Wildman–Crippen MR) is 135 cm³/mol. The molecule has 1 amide bonds. The third-order valence-corrected chi connectivity index (χ3v) is 6.56. The lowest BCUT2D eigenvalue weighted by Gasteiger charge is -2.25. The molecule has 0 aliphatic carbocycles. The highest BCUT2D eigenvalue weighted by atomic mass is 32.2. The van der Waals surface area contributed by atoms with Gasteiger partial charge in [0.15, 0.2) is 11.5 Å². The summed E-state index contributed by atoms with van der Waals surface area (Å²) < 4.78 is 42.9. The van der Waals surface area contributed by atoms with Crippen LogP contribution in [0.4, 0.5) is 11.4 Å². The van der Waals surface area contributed by atoms with E-state index in [0.29, 0.717) is 54.9 Å². The van der Waals surface area contributed by atoms with Crippen LogP contribution in [-0.2, 0) is 21.4 Å². The molecular formula is C26H28N2O6S. The molecule has 0 radical (unpaired) electrons. The Kier molecular flexibility index (Phi) is 7.77. The molecule has 9 heteroatoms. The number of hydrogen-bond acceptors (Lipinski definition) is 6. The third kappa shape index (κ3) is 6.89. The van der Waals surface area contributed by atoms with E-state index in [1.807, 2.05) is 30.3 Å². The first-order valence-corrected chi connectivity index (χ1v) is 13.2. The van der Waals surface area contributed by atoms with Crippen molar-refractivity contribution >= 4 is 27.3 Å². The van der Waals surface area contributed by atoms with Crippen LogP contribution in [0, 0.1) is 0 Å². The lowest BCUT2D eigenvalue weighted by Crippen LogP contribution is -2.31. The zero-order valence-corrected chi connectivity index (χ0v) is 20.3. The Hall–Kier alpha value is -3.72. The molecule has 0 spiro atoms. The number of nitrogens with zero attached hydrogens (tertiary/aromatic N) is 1. The summed E-state index contributed by atoms with van der Waals surface area (Å²) in [5.41, 5.74) is 2.20. The van der Waals surface area contributed by atoms with Gasteiger partial charge in [-0.1, -0.05) is 30.3 Å². The van der Waals surface area contributed by atoms with Crippen LogP contribution < -0.4 is 23.8 Å². The van der Waals surface area contributed by atoms with Crippen molar-refractivity contribution in [2.24, 2.45) is 0 Å². The van der Waals surface area contributed by atoms with Crippen molar-refractivity contribution in [3.05, 3.63) is 78.4 Å². The van der Waals surface area contributed by atoms with Gasteiger partial charge in [0.25, 0.3) is 0 Å². The van der Waals surface area contributed by atoms with E-state index in [-0.39, 0.29) is 18.9 Å². The van der Waals surface area contributed by atoms with Gasteiger partial charge in [-0.25, -0.2) is 8.42 Å². The molecule has 1 N–H and O–H groups in total. The van der Waals surface area contributed by atoms with E-state index < -0.39 is 10.0 Å². The van der Waals surface area contributed by atoms with Crippen LogP contribution in [0.3, 0.4) is 0 Å². The van der Waals surface area contributed by atoms with Gasteiger partial charge in [0.2, 0.25) is 15.9 Å². The van der Waals surface area contributed by atoms with Gasteiger partial charge >= 0.3 is 0 Å². The molecule has 8 nitrogen and oxygen atoms in total. The molecule has 35 heavy (non-hydrogen) atoms. The number of amides is 1. The first kappa shape index (κ1) is 24.4. The highest BCUT2D eigenvalue weighted by molar-refractivity contribution is 7.92. The molecule has 0 saturated carbocycles. The average Bonchev–Trinajstić information content (AvgIpc) is 2.86. The van der Waals surface area contributed by atoms with E-state index in [9.17, 15) is 13.2 Å². The maximum absolute atomic E-state index is 12.4. The molecule has 1 heterocycles. The van der Waals surface area contributed by atoms with Gasteiger partial charge in [0, 0.05) is 24.7 Å². The fourth-order valence-electron chi connectivity index (χ4n) is 3.66. The predicted octanol–water partition coefficient (Wildman–Crippen LogP) is 4.22. The SMILES string of the molecule is CS(=O)(=O)N(CCCC(=O)Nc1ccc(OCc2ccccc2)cc1)c1ccc2c(c1)OCCO2. The molecule has 1 aliphatic rings. The highest BCUT2D eigenvalue weighted by Crippen LogP contribution is 2.34. The molecule has 3 aromatic rings. The Balaban J connectivity index is 1.28. The number of carbonyl (C=O) groups is 1. The number of benzene rings is 3. The Morgan fingerprint density at radius 1 is 0.971 bits per heavy atom. The second-order valence-electron chi connectivity index (χ2n) is 8.11. The fraction of sp³-hybridized carbons (Fsp3) is 0.269. The van der Waals surface area contributed by atoms with Crippen LogP contribution in [0.2, 0.25) is 0 Å². The van der Waals surface area contributed by atoms with Crippen molar-refractivity contribution in [2.75, 3.05) is 35.6 Å². The molecule has 0 bridgehead atoms. The molecule has 0 saturated heterocycles. The van der Waals surface area contributed by atoms with Gasteiger partial charge in [0.05, 0.1) is 11.9 Å². The summed E-state index contributed by atoms with van der Waals surface area (Å²) in [5, 5.41) is 2.84. The largest absolute Gasteiger partial charge is 0.489 e. The number of nitrogens with one attached hydrogen (secondary N) is 1. The van der Waals surface area contributed by atoms with Crippen LogP contribution >= 0.6 is 0 Å². The zero-order chi connectivity index (χ0) is 24.7. The number of carbonyl (C=O) groups excluding carboxylic acids is 1. The van der Waals surface area contributed by atoms with Gasteiger partial charge in [-0.05, 0) is 48.4 Å². The smallest absolute Gasteiger partial charge is 0.232 e. The Bertz CT molecular complexity index is 1250. The van der Waals surface area contributed by atoms with Gasteiger partial charge in [-0.2, -0.15) is 0 Å². The van der Waals surface area contributed by atoms with E-state index in [2.05, 4.69) is 5.32 Å². The first-order chi connectivity index (χ1) is 16.9. The number of fused-ring (bicyclic) bond motifs is 1. The molecule has 4 rings (SSSR count). The summed E-state index contributed by atoms with van der Waals surface area (Å²) >= 11 is 0. The van der Waals surface area contributed by atoms with Crippen molar-refractivity contribution in [3.63, 3.8) is 0 Å². The fourth-order valence-corrected chi connectivity index (χ4v) is 4.61. The normalized spacial score (nSPS) is 12.6. The summed E-state index contributed by atoms with van der Waals surface area (Å²) in [6.07, 6.45) is 1.67. The van der Waals surface area contributed by atoms with Crippen LogP contribution in [-0.4, -0.2) is 40.3 Å². The quantitative estimate of drug-likeness (QED) is 0.452. The van der Waals surface area contributed by atoms with E-state index in [1.165, 1.54) is 4.31 Å². The van der Waals surface area contributed by atoms with Crippen molar-refractivity contribution in [1.29, 1.82) is 0 Å². The standard InChI is InChI=1S/C26H28N2O6S/c1-35(30,31)28(22-11-14-24-25(18-22)33-17-16-32-24)15-5-8-26(29)27-21-9-12-23(13-10-21)34-19-20-6-3-2-4-7-20/h2-4,6-7,9-14,18H,5,8,15-17,19H2,1H3,(H,27,29). The summed E-state index contributed by atoms with van der Waals surface area (Å²) in [7, 11) is -3.54. The summed E-state index contributed by atoms with van der Waals surface area (Å²) in [5.74, 6) is 1.61. The summed E-state index contributed by atoms with van der Waals surface area (Å²) in [6.45, 7) is 1.50. The molecule has 3 aromatic carbocycles. The number of sulfonamides is 1. The Morgan fingerprint density at radius 2 is 1.69 bits per heavy atom. The lowest BCUT2D eigenvalue weighted by atomic mass is 10.2. The lowest BCUT2D eigenvalue weighted by molar-refractivity contribution is -0.116. The second kappa shape index (κ2) is 11.1.